The standard InChI is InChI=1S/C10H12O5/c1-10(9(14)15)3-2-6(5-11)7(4-10)8(12)13/h2-3,11H,4-5H2,1H3,(H,12,13)(H,14,15). The minimum atomic E-state index is -1.20. The van der Waals surface area contributed by atoms with Gasteiger partial charge in [-0.2, -0.15) is 0 Å². The summed E-state index contributed by atoms with van der Waals surface area (Å²) in [5, 5.41) is 26.7. The Bertz CT molecular complexity index is 366. The highest BCUT2D eigenvalue weighted by molar-refractivity contribution is 5.91. The highest BCUT2D eigenvalue weighted by Gasteiger charge is 2.36. The van der Waals surface area contributed by atoms with Crippen LogP contribution in [-0.4, -0.2) is 33.9 Å². The SMILES string of the molecule is CC1(C(=O)O)C=CC(CO)=C(C(=O)O)C1. The van der Waals surface area contributed by atoms with Gasteiger partial charge in [0, 0.05) is 5.57 Å². The van der Waals surface area contributed by atoms with Crippen molar-refractivity contribution in [2.24, 2.45) is 5.41 Å². The summed E-state index contributed by atoms with van der Waals surface area (Å²) in [6.07, 6.45) is 2.67. The molecule has 15 heavy (non-hydrogen) atoms. The minimum Gasteiger partial charge on any atom is -0.481 e. The third-order valence-corrected chi connectivity index (χ3v) is 2.50. The molecule has 3 N–H and O–H groups in total. The Hall–Kier alpha value is -1.62. The average molecular weight is 212 g/mol. The zero-order valence-corrected chi connectivity index (χ0v) is 8.23. The predicted molar refractivity (Wildman–Crippen MR) is 51.2 cm³/mol. The molecular formula is C10H12O5. The van der Waals surface area contributed by atoms with Gasteiger partial charge >= 0.3 is 11.9 Å². The number of aliphatic carboxylic acids is 2. The van der Waals surface area contributed by atoms with Crippen molar-refractivity contribution in [1.82, 2.24) is 0 Å². The van der Waals surface area contributed by atoms with Crippen molar-refractivity contribution in [3.05, 3.63) is 23.3 Å². The first kappa shape index (κ1) is 11.5. The molecule has 1 aliphatic rings. The first-order chi connectivity index (χ1) is 6.90. The number of carboxylic acids is 2. The molecule has 0 aromatic heterocycles. The molecule has 0 amide bonds. The maximum Gasteiger partial charge on any atom is 0.331 e. The minimum absolute atomic E-state index is 0.0371. The number of aliphatic hydroxyl groups excluding tert-OH is 1. The van der Waals surface area contributed by atoms with Gasteiger partial charge in [-0.15, -0.1) is 0 Å². The Morgan fingerprint density at radius 1 is 1.47 bits per heavy atom. The summed E-state index contributed by atoms with van der Waals surface area (Å²) in [5.41, 5.74) is -0.974. The number of rotatable bonds is 3. The van der Waals surface area contributed by atoms with Crippen LogP contribution >= 0.6 is 0 Å². The summed E-state index contributed by atoms with van der Waals surface area (Å²) >= 11 is 0. The van der Waals surface area contributed by atoms with E-state index in [4.69, 9.17) is 15.3 Å². The zero-order chi connectivity index (χ0) is 11.6. The van der Waals surface area contributed by atoms with Gasteiger partial charge in [0.2, 0.25) is 0 Å². The topological polar surface area (TPSA) is 94.8 Å². The summed E-state index contributed by atoms with van der Waals surface area (Å²) in [6.45, 7) is 1.05. The van der Waals surface area contributed by atoms with Crippen molar-refractivity contribution in [2.45, 2.75) is 13.3 Å². The van der Waals surface area contributed by atoms with Gasteiger partial charge in [-0.1, -0.05) is 12.2 Å². The molecule has 0 saturated carbocycles. The maximum absolute atomic E-state index is 10.9. The fraction of sp³-hybridized carbons (Fsp3) is 0.400. The lowest BCUT2D eigenvalue weighted by molar-refractivity contribution is -0.145. The Morgan fingerprint density at radius 2 is 2.07 bits per heavy atom. The van der Waals surface area contributed by atoms with Crippen molar-refractivity contribution < 1.29 is 24.9 Å². The lowest BCUT2D eigenvalue weighted by Crippen LogP contribution is -2.30. The van der Waals surface area contributed by atoms with E-state index in [-0.39, 0.29) is 17.6 Å². The summed E-state index contributed by atoms with van der Waals surface area (Å²) in [6, 6.07) is 0. The second-order valence-electron chi connectivity index (χ2n) is 3.70. The number of carbonyl (C=O) groups is 2. The molecule has 82 valence electrons. The van der Waals surface area contributed by atoms with E-state index < -0.39 is 24.0 Å². The van der Waals surface area contributed by atoms with Crippen LogP contribution in [0.2, 0.25) is 0 Å². The third kappa shape index (κ3) is 2.07. The molecule has 0 bridgehead atoms. The molecule has 0 radical (unpaired) electrons. The van der Waals surface area contributed by atoms with E-state index in [1.807, 2.05) is 0 Å². The molecule has 0 fully saturated rings. The van der Waals surface area contributed by atoms with Crippen LogP contribution in [0.15, 0.2) is 23.3 Å². The van der Waals surface area contributed by atoms with Gasteiger partial charge in [0.05, 0.1) is 12.0 Å². The van der Waals surface area contributed by atoms with Gasteiger partial charge in [0.15, 0.2) is 0 Å². The van der Waals surface area contributed by atoms with Crippen molar-refractivity contribution in [3.8, 4) is 0 Å². The van der Waals surface area contributed by atoms with Gasteiger partial charge in [0.1, 0.15) is 0 Å². The van der Waals surface area contributed by atoms with E-state index in [1.54, 1.807) is 0 Å². The molecule has 5 heteroatoms. The van der Waals surface area contributed by atoms with E-state index in [9.17, 15) is 9.59 Å². The van der Waals surface area contributed by atoms with Gasteiger partial charge in [-0.25, -0.2) is 4.79 Å². The maximum atomic E-state index is 10.9. The van der Waals surface area contributed by atoms with Crippen molar-refractivity contribution >= 4 is 11.9 Å². The largest absolute Gasteiger partial charge is 0.481 e. The average Bonchev–Trinajstić information content (AvgIpc) is 2.17. The van der Waals surface area contributed by atoms with Crippen LogP contribution in [0.1, 0.15) is 13.3 Å². The molecule has 0 spiro atoms. The van der Waals surface area contributed by atoms with E-state index >= 15 is 0 Å². The molecule has 0 heterocycles. The van der Waals surface area contributed by atoms with E-state index in [1.165, 1.54) is 19.1 Å². The van der Waals surface area contributed by atoms with Crippen molar-refractivity contribution in [1.29, 1.82) is 0 Å². The van der Waals surface area contributed by atoms with Crippen LogP contribution in [0.4, 0.5) is 0 Å². The molecule has 0 aromatic carbocycles. The molecule has 1 atom stereocenters. The van der Waals surface area contributed by atoms with E-state index in [2.05, 4.69) is 0 Å². The quantitative estimate of drug-likeness (QED) is 0.629. The fourth-order valence-electron chi connectivity index (χ4n) is 1.43. The second kappa shape index (κ2) is 3.86. The molecule has 0 saturated heterocycles. The van der Waals surface area contributed by atoms with Crippen molar-refractivity contribution in [2.75, 3.05) is 6.61 Å². The summed E-state index contributed by atoms with van der Waals surface area (Å²) in [7, 11) is 0. The number of hydrogen-bond donors (Lipinski definition) is 3. The van der Waals surface area contributed by atoms with Crippen LogP contribution in [-0.2, 0) is 9.59 Å². The molecule has 1 rings (SSSR count). The lowest BCUT2D eigenvalue weighted by atomic mass is 9.78. The first-order valence-corrected chi connectivity index (χ1v) is 4.39. The van der Waals surface area contributed by atoms with E-state index in [0.717, 1.165) is 0 Å². The van der Waals surface area contributed by atoms with Crippen LogP contribution in [0.25, 0.3) is 0 Å². The third-order valence-electron chi connectivity index (χ3n) is 2.50. The Labute approximate surface area is 86.3 Å². The van der Waals surface area contributed by atoms with Gasteiger partial charge in [-0.3, -0.25) is 4.79 Å². The highest BCUT2D eigenvalue weighted by Crippen LogP contribution is 2.34. The summed E-state index contributed by atoms with van der Waals surface area (Å²) in [4.78, 5) is 21.7. The molecule has 0 aromatic rings. The Morgan fingerprint density at radius 3 is 2.47 bits per heavy atom. The second-order valence-corrected chi connectivity index (χ2v) is 3.70. The first-order valence-electron chi connectivity index (χ1n) is 4.39. The smallest absolute Gasteiger partial charge is 0.331 e. The molecular weight excluding hydrogens is 200 g/mol. The molecule has 0 aliphatic heterocycles. The van der Waals surface area contributed by atoms with Crippen LogP contribution in [0, 0.1) is 5.41 Å². The fourth-order valence-corrected chi connectivity index (χ4v) is 1.43. The van der Waals surface area contributed by atoms with Gasteiger partial charge in [-0.05, 0) is 18.9 Å². The van der Waals surface area contributed by atoms with Crippen molar-refractivity contribution in [3.63, 3.8) is 0 Å². The van der Waals surface area contributed by atoms with Crippen LogP contribution in [0.5, 0.6) is 0 Å². The lowest BCUT2D eigenvalue weighted by Gasteiger charge is -2.25. The normalized spacial score (nSPS) is 25.5. The monoisotopic (exact) mass is 212 g/mol. The van der Waals surface area contributed by atoms with Gasteiger partial charge < -0.3 is 15.3 Å². The Balaban J connectivity index is 3.10. The molecule has 1 unspecified atom stereocenters. The van der Waals surface area contributed by atoms with Crippen LogP contribution in [0.3, 0.4) is 0 Å². The Kier molecular flexibility index (Phi) is 2.95. The predicted octanol–water partition coefficient (Wildman–Crippen LogP) is 0.411. The van der Waals surface area contributed by atoms with Crippen LogP contribution < -0.4 is 0 Å². The molecule has 1 aliphatic carbocycles. The summed E-state index contributed by atoms with van der Waals surface area (Å²) in [5.74, 6) is -2.26. The van der Waals surface area contributed by atoms with E-state index in [0.29, 0.717) is 0 Å². The van der Waals surface area contributed by atoms with Gasteiger partial charge in [0.25, 0.3) is 0 Å². The molecule has 5 nitrogen and oxygen atoms in total. The zero-order valence-electron chi connectivity index (χ0n) is 8.23. The highest BCUT2D eigenvalue weighted by atomic mass is 16.4. The number of aliphatic hydroxyl groups is 1. The summed E-state index contributed by atoms with van der Waals surface area (Å²) < 4.78 is 0. The number of carboxylic acid groups (broad SMARTS) is 2. The number of hydrogen-bond acceptors (Lipinski definition) is 3.